The zero-order valence-corrected chi connectivity index (χ0v) is 15.6. The van der Waals surface area contributed by atoms with Crippen LogP contribution in [-0.4, -0.2) is 17.3 Å². The lowest BCUT2D eigenvalue weighted by atomic mass is 9.75. The fourth-order valence-electron chi connectivity index (χ4n) is 3.50. The molecule has 1 N–H and O–H groups in total. The second-order valence-corrected chi connectivity index (χ2v) is 7.40. The van der Waals surface area contributed by atoms with E-state index in [2.05, 4.69) is 32.2 Å². The minimum Gasteiger partial charge on any atom is -0.384 e. The first kappa shape index (κ1) is 18.7. The topological polar surface area (TPSA) is 42.0 Å². The molecule has 24 heavy (non-hydrogen) atoms. The van der Waals surface area contributed by atoms with E-state index in [4.69, 9.17) is 4.98 Å². The van der Waals surface area contributed by atoms with Gasteiger partial charge in [-0.2, -0.15) is 0 Å². The van der Waals surface area contributed by atoms with Crippen molar-refractivity contribution in [3.8, 4) is 0 Å². The highest BCUT2D eigenvalue weighted by Crippen LogP contribution is 2.39. The molecular formula is C20H27ClN2O. The van der Waals surface area contributed by atoms with Crippen LogP contribution < -0.4 is 5.32 Å². The number of halogens is 1. The van der Waals surface area contributed by atoms with Crippen molar-refractivity contribution >= 4 is 34.8 Å². The largest absolute Gasteiger partial charge is 0.384 e. The fourth-order valence-corrected chi connectivity index (χ4v) is 3.50. The SMILES string of the molecule is CCCCCNc1c2c(nc3ccccc13)CC(C)(C)CC2=O.Cl. The van der Waals surface area contributed by atoms with Crippen LogP contribution in [-0.2, 0) is 6.42 Å². The van der Waals surface area contributed by atoms with Gasteiger partial charge in [0.1, 0.15) is 0 Å². The van der Waals surface area contributed by atoms with Crippen molar-refractivity contribution in [1.29, 1.82) is 0 Å². The minimum atomic E-state index is -0.000971. The molecule has 0 fully saturated rings. The maximum absolute atomic E-state index is 12.8. The Morgan fingerprint density at radius 2 is 1.92 bits per heavy atom. The molecule has 1 aromatic heterocycles. The number of aromatic nitrogens is 1. The lowest BCUT2D eigenvalue weighted by molar-refractivity contribution is 0.0911. The van der Waals surface area contributed by atoms with Crippen LogP contribution in [0.2, 0.25) is 0 Å². The Morgan fingerprint density at radius 3 is 2.67 bits per heavy atom. The molecule has 0 saturated carbocycles. The lowest BCUT2D eigenvalue weighted by Gasteiger charge is -2.31. The van der Waals surface area contributed by atoms with Gasteiger partial charge in [-0.15, -0.1) is 12.4 Å². The van der Waals surface area contributed by atoms with Crippen LogP contribution in [0, 0.1) is 5.41 Å². The number of carbonyl (C=O) groups is 1. The number of para-hydroxylation sites is 1. The summed E-state index contributed by atoms with van der Waals surface area (Å²) in [6.07, 6.45) is 5.00. The van der Waals surface area contributed by atoms with E-state index in [0.29, 0.717) is 6.42 Å². The first-order valence-electron chi connectivity index (χ1n) is 8.70. The van der Waals surface area contributed by atoms with Crippen LogP contribution in [0.25, 0.3) is 10.9 Å². The Kier molecular flexibility index (Phi) is 5.87. The molecular weight excluding hydrogens is 320 g/mol. The predicted octanol–water partition coefficient (Wildman–Crippen LogP) is 5.41. The number of fused-ring (bicyclic) bond motifs is 2. The molecule has 0 unspecified atom stereocenters. The minimum absolute atomic E-state index is 0. The van der Waals surface area contributed by atoms with Gasteiger partial charge in [-0.3, -0.25) is 9.78 Å². The van der Waals surface area contributed by atoms with Gasteiger partial charge in [0.25, 0.3) is 0 Å². The van der Waals surface area contributed by atoms with Gasteiger partial charge in [0, 0.05) is 18.4 Å². The number of unbranched alkanes of at least 4 members (excludes halogenated alkanes) is 2. The summed E-state index contributed by atoms with van der Waals surface area (Å²) in [5.74, 6) is 0.229. The van der Waals surface area contributed by atoms with Gasteiger partial charge >= 0.3 is 0 Å². The second kappa shape index (κ2) is 7.52. The van der Waals surface area contributed by atoms with Gasteiger partial charge in [0.05, 0.1) is 22.5 Å². The summed E-state index contributed by atoms with van der Waals surface area (Å²) >= 11 is 0. The molecule has 0 amide bonds. The summed E-state index contributed by atoms with van der Waals surface area (Å²) in [5.41, 5.74) is 3.78. The summed E-state index contributed by atoms with van der Waals surface area (Å²) in [5, 5.41) is 4.61. The molecule has 0 atom stereocenters. The van der Waals surface area contributed by atoms with E-state index in [9.17, 15) is 4.79 Å². The van der Waals surface area contributed by atoms with Crippen LogP contribution >= 0.6 is 12.4 Å². The first-order chi connectivity index (χ1) is 11.0. The molecule has 1 aliphatic carbocycles. The molecule has 3 nitrogen and oxygen atoms in total. The van der Waals surface area contributed by atoms with E-state index in [1.165, 1.54) is 12.8 Å². The summed E-state index contributed by atoms with van der Waals surface area (Å²) in [6.45, 7) is 7.42. The predicted molar refractivity (Wildman–Crippen MR) is 103 cm³/mol. The van der Waals surface area contributed by atoms with Crippen LogP contribution in [0.5, 0.6) is 0 Å². The van der Waals surface area contributed by atoms with Gasteiger partial charge in [-0.05, 0) is 24.3 Å². The zero-order chi connectivity index (χ0) is 16.4. The van der Waals surface area contributed by atoms with Crippen LogP contribution in [0.15, 0.2) is 24.3 Å². The van der Waals surface area contributed by atoms with Crippen molar-refractivity contribution in [3.63, 3.8) is 0 Å². The third kappa shape index (κ3) is 3.72. The van der Waals surface area contributed by atoms with Crippen molar-refractivity contribution < 1.29 is 4.79 Å². The zero-order valence-electron chi connectivity index (χ0n) is 14.8. The van der Waals surface area contributed by atoms with E-state index in [-0.39, 0.29) is 23.6 Å². The van der Waals surface area contributed by atoms with Gasteiger partial charge < -0.3 is 5.32 Å². The molecule has 4 heteroatoms. The third-order valence-corrected chi connectivity index (χ3v) is 4.61. The molecule has 3 rings (SSSR count). The smallest absolute Gasteiger partial charge is 0.167 e. The quantitative estimate of drug-likeness (QED) is 0.735. The molecule has 0 bridgehead atoms. The van der Waals surface area contributed by atoms with Gasteiger partial charge in [0.2, 0.25) is 0 Å². The number of nitrogens with zero attached hydrogens (tertiary/aromatic N) is 1. The number of hydrogen-bond donors (Lipinski definition) is 1. The average Bonchev–Trinajstić information content (AvgIpc) is 2.49. The molecule has 1 aliphatic rings. The molecule has 1 heterocycles. The number of Topliss-reactive ketones (excluding diaryl/α,β-unsaturated/α-hetero) is 1. The molecule has 0 spiro atoms. The van der Waals surface area contributed by atoms with Crippen molar-refractivity contribution in [2.45, 2.75) is 52.9 Å². The number of hydrogen-bond acceptors (Lipinski definition) is 3. The highest BCUT2D eigenvalue weighted by atomic mass is 35.5. The van der Waals surface area contributed by atoms with E-state index < -0.39 is 0 Å². The fraction of sp³-hybridized carbons (Fsp3) is 0.500. The number of nitrogens with one attached hydrogen (secondary N) is 1. The first-order valence-corrected chi connectivity index (χ1v) is 8.70. The maximum atomic E-state index is 12.8. The normalized spacial score (nSPS) is 15.7. The summed E-state index contributed by atoms with van der Waals surface area (Å²) in [7, 11) is 0. The molecule has 1 aromatic carbocycles. The monoisotopic (exact) mass is 346 g/mol. The second-order valence-electron chi connectivity index (χ2n) is 7.40. The number of pyridine rings is 1. The van der Waals surface area contributed by atoms with Crippen molar-refractivity contribution in [1.82, 2.24) is 4.98 Å². The highest BCUT2D eigenvalue weighted by Gasteiger charge is 2.34. The molecule has 0 aliphatic heterocycles. The molecule has 130 valence electrons. The van der Waals surface area contributed by atoms with E-state index in [1.54, 1.807) is 0 Å². The van der Waals surface area contributed by atoms with Gasteiger partial charge in [0.15, 0.2) is 5.78 Å². The Hall–Kier alpha value is -1.61. The molecule has 0 radical (unpaired) electrons. The van der Waals surface area contributed by atoms with Gasteiger partial charge in [-0.1, -0.05) is 51.8 Å². The van der Waals surface area contributed by atoms with Crippen molar-refractivity contribution in [2.75, 3.05) is 11.9 Å². The van der Waals surface area contributed by atoms with Crippen LogP contribution in [0.4, 0.5) is 5.69 Å². The Labute approximate surface area is 150 Å². The number of benzene rings is 1. The summed E-state index contributed by atoms with van der Waals surface area (Å²) in [6, 6.07) is 8.14. The number of carbonyl (C=O) groups excluding carboxylic acids is 1. The Bertz CT molecular complexity index is 740. The van der Waals surface area contributed by atoms with Crippen molar-refractivity contribution in [3.05, 3.63) is 35.5 Å². The maximum Gasteiger partial charge on any atom is 0.167 e. The average molecular weight is 347 g/mol. The number of ketones is 1. The molecule has 2 aromatic rings. The van der Waals surface area contributed by atoms with Crippen LogP contribution in [0.1, 0.15) is 62.5 Å². The Morgan fingerprint density at radius 1 is 1.17 bits per heavy atom. The van der Waals surface area contributed by atoms with Crippen LogP contribution in [0.3, 0.4) is 0 Å². The lowest BCUT2D eigenvalue weighted by Crippen LogP contribution is -2.29. The molecule has 0 saturated heterocycles. The third-order valence-electron chi connectivity index (χ3n) is 4.61. The highest BCUT2D eigenvalue weighted by molar-refractivity contribution is 6.10. The van der Waals surface area contributed by atoms with E-state index >= 15 is 0 Å². The number of rotatable bonds is 5. The van der Waals surface area contributed by atoms with E-state index in [0.717, 1.165) is 47.2 Å². The van der Waals surface area contributed by atoms with Crippen molar-refractivity contribution in [2.24, 2.45) is 5.41 Å². The van der Waals surface area contributed by atoms with Gasteiger partial charge in [-0.25, -0.2) is 0 Å². The Balaban J connectivity index is 0.00000208. The van der Waals surface area contributed by atoms with E-state index in [1.807, 2.05) is 18.2 Å². The summed E-state index contributed by atoms with van der Waals surface area (Å²) < 4.78 is 0. The summed E-state index contributed by atoms with van der Waals surface area (Å²) in [4.78, 5) is 17.6. The standard InChI is InChI=1S/C20H26N2O.ClH/c1-4-5-8-11-21-19-14-9-6-7-10-15(14)22-16-12-20(2,3)13-17(23)18(16)19;/h6-7,9-10H,4-5,8,11-13H2,1-3H3,(H,21,22);1H. The number of anilines is 1.